The lowest BCUT2D eigenvalue weighted by Crippen LogP contribution is -2.19. The third-order valence-corrected chi connectivity index (χ3v) is 1.41. The molecule has 12 heavy (non-hydrogen) atoms. The maximum atomic E-state index is 5.16. The summed E-state index contributed by atoms with van der Waals surface area (Å²) in [6.45, 7) is 9.61. The molecule has 0 unspecified atom stereocenters. The monoisotopic (exact) mass is 163 g/mol. The average Bonchev–Trinajstić information content (AvgIpc) is 2.26. The standard InChI is InChI=1S/C10H13NO/c1-7(2)5-6-10-8(3)12-9(4)11-10/h5-6H,3H2,1-2,4H3/b10-6+. The summed E-state index contributed by atoms with van der Waals surface area (Å²) in [5, 5.41) is 0.814. The number of aryl methyl sites for hydroxylation is 1. The molecule has 2 nitrogen and oxygen atoms in total. The van der Waals surface area contributed by atoms with Crippen molar-refractivity contribution in [2.75, 3.05) is 0 Å². The Balaban J connectivity index is 3.19. The van der Waals surface area contributed by atoms with Crippen LogP contribution in [-0.4, -0.2) is 4.98 Å². The predicted octanol–water partition coefficient (Wildman–Crippen LogP) is 1.14. The predicted molar refractivity (Wildman–Crippen MR) is 49.9 cm³/mol. The highest BCUT2D eigenvalue weighted by Gasteiger charge is 1.90. The maximum Gasteiger partial charge on any atom is 0.192 e. The summed E-state index contributed by atoms with van der Waals surface area (Å²) in [6, 6.07) is 0. The Morgan fingerprint density at radius 3 is 2.58 bits per heavy atom. The number of oxazole rings is 1. The molecule has 1 aromatic heterocycles. The second-order valence-corrected chi connectivity index (χ2v) is 2.95. The van der Waals surface area contributed by atoms with Crippen molar-refractivity contribution in [3.63, 3.8) is 0 Å². The van der Waals surface area contributed by atoms with Gasteiger partial charge < -0.3 is 4.42 Å². The van der Waals surface area contributed by atoms with Crippen LogP contribution in [0.5, 0.6) is 0 Å². The van der Waals surface area contributed by atoms with E-state index in [-0.39, 0.29) is 0 Å². The average molecular weight is 163 g/mol. The van der Waals surface area contributed by atoms with Gasteiger partial charge in [-0.05, 0) is 19.9 Å². The Morgan fingerprint density at radius 1 is 1.50 bits per heavy atom. The van der Waals surface area contributed by atoms with E-state index in [1.807, 2.05) is 32.9 Å². The Morgan fingerprint density at radius 2 is 2.17 bits per heavy atom. The number of rotatable bonds is 1. The number of aromatic nitrogens is 1. The van der Waals surface area contributed by atoms with Gasteiger partial charge in [0, 0.05) is 6.92 Å². The zero-order chi connectivity index (χ0) is 9.14. The first-order chi connectivity index (χ1) is 5.59. The zero-order valence-electron chi connectivity index (χ0n) is 7.72. The Hall–Kier alpha value is -1.31. The molecule has 0 atom stereocenters. The number of hydrogen-bond acceptors (Lipinski definition) is 2. The summed E-state index contributed by atoms with van der Waals surface area (Å²) in [6.07, 6.45) is 3.90. The Kier molecular flexibility index (Phi) is 2.48. The minimum absolute atomic E-state index is 0.630. The minimum Gasteiger partial charge on any atom is -0.442 e. The van der Waals surface area contributed by atoms with Crippen LogP contribution in [0, 0.1) is 6.92 Å². The third kappa shape index (κ3) is 2.09. The molecule has 0 aliphatic rings. The highest BCUT2D eigenvalue weighted by Crippen LogP contribution is 1.87. The van der Waals surface area contributed by atoms with Gasteiger partial charge in [0.25, 0.3) is 0 Å². The van der Waals surface area contributed by atoms with Crippen molar-refractivity contribution in [2.45, 2.75) is 20.8 Å². The van der Waals surface area contributed by atoms with Crippen molar-refractivity contribution >= 4 is 12.7 Å². The van der Waals surface area contributed by atoms with Gasteiger partial charge in [0.15, 0.2) is 5.89 Å². The number of allylic oxidation sites excluding steroid dienone is 2. The lowest BCUT2D eigenvalue weighted by Gasteiger charge is -1.79. The molecule has 0 radical (unpaired) electrons. The van der Waals surface area contributed by atoms with Crippen molar-refractivity contribution in [1.29, 1.82) is 0 Å². The molecule has 1 rings (SSSR count). The largest absolute Gasteiger partial charge is 0.442 e. The molecule has 0 saturated carbocycles. The fourth-order valence-electron chi connectivity index (χ4n) is 0.861. The summed E-state index contributed by atoms with van der Waals surface area (Å²) in [5.74, 6) is 0.661. The number of hydrogen-bond donors (Lipinski definition) is 0. The van der Waals surface area contributed by atoms with Gasteiger partial charge in [0.05, 0.1) is 0 Å². The molecule has 0 N–H and O–H groups in total. The molecule has 0 aromatic carbocycles. The van der Waals surface area contributed by atoms with Crippen molar-refractivity contribution in [2.24, 2.45) is 0 Å². The molecular weight excluding hydrogens is 150 g/mol. The fraction of sp³-hybridized carbons (Fsp3) is 0.300. The Bertz CT molecular complexity index is 394. The second-order valence-electron chi connectivity index (χ2n) is 2.95. The van der Waals surface area contributed by atoms with Crippen LogP contribution >= 0.6 is 0 Å². The zero-order valence-corrected chi connectivity index (χ0v) is 7.72. The molecular formula is C10H13NO. The van der Waals surface area contributed by atoms with E-state index in [1.54, 1.807) is 0 Å². The van der Waals surface area contributed by atoms with Gasteiger partial charge in [-0.25, -0.2) is 4.98 Å². The van der Waals surface area contributed by atoms with Crippen molar-refractivity contribution in [1.82, 2.24) is 4.98 Å². The maximum absolute atomic E-state index is 5.16. The summed E-state index contributed by atoms with van der Waals surface area (Å²) >= 11 is 0. The van der Waals surface area contributed by atoms with Gasteiger partial charge in [-0.3, -0.25) is 0 Å². The molecule has 0 aliphatic heterocycles. The van der Waals surface area contributed by atoms with E-state index in [0.29, 0.717) is 11.3 Å². The molecule has 2 heteroatoms. The van der Waals surface area contributed by atoms with Gasteiger partial charge in [0.2, 0.25) is 0 Å². The first-order valence-corrected chi connectivity index (χ1v) is 3.87. The van der Waals surface area contributed by atoms with Crippen molar-refractivity contribution < 1.29 is 4.42 Å². The topological polar surface area (TPSA) is 26.0 Å². The number of nitrogens with zero attached hydrogens (tertiary/aromatic N) is 1. The molecule has 0 bridgehead atoms. The molecule has 0 fully saturated rings. The van der Waals surface area contributed by atoms with E-state index < -0.39 is 0 Å². The summed E-state index contributed by atoms with van der Waals surface area (Å²) in [4.78, 5) is 4.15. The Labute approximate surface area is 71.9 Å². The summed E-state index contributed by atoms with van der Waals surface area (Å²) in [5.41, 5.74) is 1.86. The van der Waals surface area contributed by atoms with Gasteiger partial charge in [0.1, 0.15) is 10.8 Å². The van der Waals surface area contributed by atoms with Crippen LogP contribution in [0.3, 0.4) is 0 Å². The SMILES string of the molecule is C=c1oc(C)n/c1=C/C=C(C)C. The van der Waals surface area contributed by atoms with Crippen LogP contribution in [0.15, 0.2) is 16.1 Å². The van der Waals surface area contributed by atoms with E-state index in [1.165, 1.54) is 5.57 Å². The van der Waals surface area contributed by atoms with E-state index >= 15 is 0 Å². The van der Waals surface area contributed by atoms with Gasteiger partial charge in [-0.1, -0.05) is 18.2 Å². The highest BCUT2D eigenvalue weighted by molar-refractivity contribution is 5.36. The lowest BCUT2D eigenvalue weighted by molar-refractivity contribution is 0.493. The molecule has 1 aromatic rings. The molecule has 0 spiro atoms. The van der Waals surface area contributed by atoms with E-state index in [2.05, 4.69) is 11.6 Å². The molecule has 0 amide bonds. The third-order valence-electron chi connectivity index (χ3n) is 1.41. The van der Waals surface area contributed by atoms with Gasteiger partial charge in [-0.15, -0.1) is 0 Å². The van der Waals surface area contributed by atoms with E-state index in [4.69, 9.17) is 4.42 Å². The first kappa shape index (κ1) is 8.78. The van der Waals surface area contributed by atoms with Crippen LogP contribution in [0.2, 0.25) is 0 Å². The smallest absolute Gasteiger partial charge is 0.192 e. The van der Waals surface area contributed by atoms with Crippen LogP contribution in [0.1, 0.15) is 19.7 Å². The minimum atomic E-state index is 0.630. The van der Waals surface area contributed by atoms with Crippen LogP contribution in [0.25, 0.3) is 12.7 Å². The van der Waals surface area contributed by atoms with Crippen LogP contribution in [-0.2, 0) is 0 Å². The fourth-order valence-corrected chi connectivity index (χ4v) is 0.861. The first-order valence-electron chi connectivity index (χ1n) is 3.87. The van der Waals surface area contributed by atoms with E-state index in [9.17, 15) is 0 Å². The van der Waals surface area contributed by atoms with Crippen molar-refractivity contribution in [3.8, 4) is 0 Å². The van der Waals surface area contributed by atoms with Crippen LogP contribution < -0.4 is 10.8 Å². The van der Waals surface area contributed by atoms with Crippen LogP contribution in [0.4, 0.5) is 0 Å². The quantitative estimate of drug-likeness (QED) is 0.620. The van der Waals surface area contributed by atoms with Gasteiger partial charge in [-0.2, -0.15) is 0 Å². The highest BCUT2D eigenvalue weighted by atomic mass is 16.3. The normalized spacial score (nSPS) is 11.8. The lowest BCUT2D eigenvalue weighted by atomic mass is 10.3. The summed E-state index contributed by atoms with van der Waals surface area (Å²) in [7, 11) is 0. The molecule has 64 valence electrons. The van der Waals surface area contributed by atoms with E-state index in [0.717, 1.165) is 5.35 Å². The molecule has 0 aliphatic carbocycles. The van der Waals surface area contributed by atoms with Crippen molar-refractivity contribution in [3.05, 3.63) is 28.3 Å². The van der Waals surface area contributed by atoms with Gasteiger partial charge >= 0.3 is 0 Å². The molecule has 0 saturated heterocycles. The second kappa shape index (κ2) is 3.39. The molecule has 1 heterocycles. The summed E-state index contributed by atoms with van der Waals surface area (Å²) < 4.78 is 5.16.